The van der Waals surface area contributed by atoms with Gasteiger partial charge in [-0.15, -0.1) is 0 Å². The zero-order chi connectivity index (χ0) is 11.4. The maximum Gasteiger partial charge on any atom is 0.221 e. The molecule has 2 rings (SSSR count). The fourth-order valence-electron chi connectivity index (χ4n) is 1.89. The molecule has 1 unspecified atom stereocenters. The number of amides is 1. The summed E-state index contributed by atoms with van der Waals surface area (Å²) >= 11 is 0. The van der Waals surface area contributed by atoms with Crippen LogP contribution in [-0.4, -0.2) is 28.4 Å². The van der Waals surface area contributed by atoms with Crippen molar-refractivity contribution in [3.05, 3.63) is 12.4 Å². The summed E-state index contributed by atoms with van der Waals surface area (Å²) in [4.78, 5) is 10.8. The number of ether oxygens (including phenoxy) is 1. The molecule has 0 saturated carbocycles. The summed E-state index contributed by atoms with van der Waals surface area (Å²) in [6, 6.07) is 0. The Morgan fingerprint density at radius 2 is 2.56 bits per heavy atom. The van der Waals surface area contributed by atoms with Crippen molar-refractivity contribution in [2.24, 2.45) is 0 Å². The molecule has 1 N–H and O–H groups in total. The van der Waals surface area contributed by atoms with Crippen LogP contribution in [0.5, 0.6) is 0 Å². The lowest BCUT2D eigenvalue weighted by molar-refractivity contribution is -0.114. The number of rotatable bonds is 3. The summed E-state index contributed by atoms with van der Waals surface area (Å²) < 4.78 is 7.44. The topological polar surface area (TPSA) is 56.2 Å². The van der Waals surface area contributed by atoms with Crippen LogP contribution in [0.1, 0.15) is 26.2 Å². The van der Waals surface area contributed by atoms with E-state index in [0.717, 1.165) is 31.7 Å². The molecule has 1 saturated heterocycles. The SMILES string of the molecule is CC(=O)Nc1cnn(CC2CCCCO2)c1. The van der Waals surface area contributed by atoms with E-state index >= 15 is 0 Å². The van der Waals surface area contributed by atoms with Gasteiger partial charge >= 0.3 is 0 Å². The lowest BCUT2D eigenvalue weighted by atomic mass is 10.1. The highest BCUT2D eigenvalue weighted by molar-refractivity contribution is 5.88. The van der Waals surface area contributed by atoms with Gasteiger partial charge in [0.05, 0.1) is 24.5 Å². The largest absolute Gasteiger partial charge is 0.376 e. The highest BCUT2D eigenvalue weighted by Crippen LogP contribution is 2.15. The van der Waals surface area contributed by atoms with Crippen molar-refractivity contribution in [1.29, 1.82) is 0 Å². The van der Waals surface area contributed by atoms with Crippen LogP contribution in [0.25, 0.3) is 0 Å². The molecule has 1 fully saturated rings. The third kappa shape index (κ3) is 3.06. The minimum absolute atomic E-state index is 0.0755. The number of hydrogen-bond donors (Lipinski definition) is 1. The number of aromatic nitrogens is 2. The maximum atomic E-state index is 10.8. The average Bonchev–Trinajstić information content (AvgIpc) is 2.66. The Labute approximate surface area is 94.8 Å². The summed E-state index contributed by atoms with van der Waals surface area (Å²) in [5.41, 5.74) is 0.739. The van der Waals surface area contributed by atoms with Gasteiger partial charge < -0.3 is 10.1 Å². The maximum absolute atomic E-state index is 10.8. The van der Waals surface area contributed by atoms with Crippen molar-refractivity contribution in [3.63, 3.8) is 0 Å². The zero-order valence-electron chi connectivity index (χ0n) is 9.48. The molecule has 16 heavy (non-hydrogen) atoms. The number of carbonyl (C=O) groups excluding carboxylic acids is 1. The van der Waals surface area contributed by atoms with Gasteiger partial charge in [-0.05, 0) is 19.3 Å². The molecule has 0 radical (unpaired) electrons. The lowest BCUT2D eigenvalue weighted by Gasteiger charge is -2.22. The second kappa shape index (κ2) is 5.12. The van der Waals surface area contributed by atoms with Gasteiger partial charge in [0, 0.05) is 19.7 Å². The van der Waals surface area contributed by atoms with E-state index in [1.165, 1.54) is 13.3 Å². The molecule has 5 heteroatoms. The molecule has 0 spiro atoms. The van der Waals surface area contributed by atoms with Crippen LogP contribution >= 0.6 is 0 Å². The van der Waals surface area contributed by atoms with Crippen LogP contribution in [-0.2, 0) is 16.1 Å². The summed E-state index contributed by atoms with van der Waals surface area (Å²) in [6.45, 7) is 3.10. The molecular formula is C11H17N3O2. The van der Waals surface area contributed by atoms with E-state index < -0.39 is 0 Å². The molecule has 1 aromatic rings. The normalized spacial score (nSPS) is 20.7. The molecule has 0 aliphatic carbocycles. The van der Waals surface area contributed by atoms with E-state index in [2.05, 4.69) is 10.4 Å². The monoisotopic (exact) mass is 223 g/mol. The van der Waals surface area contributed by atoms with Crippen molar-refractivity contribution in [2.45, 2.75) is 38.8 Å². The van der Waals surface area contributed by atoms with Gasteiger partial charge in [0.25, 0.3) is 0 Å². The molecule has 1 aromatic heterocycles. The first-order valence-corrected chi connectivity index (χ1v) is 5.65. The van der Waals surface area contributed by atoms with Gasteiger partial charge in [0.1, 0.15) is 0 Å². The Bertz CT molecular complexity index is 356. The molecule has 5 nitrogen and oxygen atoms in total. The predicted molar refractivity (Wildman–Crippen MR) is 60.1 cm³/mol. The highest BCUT2D eigenvalue weighted by Gasteiger charge is 2.14. The second-order valence-electron chi connectivity index (χ2n) is 4.12. The third-order valence-electron chi connectivity index (χ3n) is 2.62. The van der Waals surface area contributed by atoms with Crippen LogP contribution < -0.4 is 5.32 Å². The van der Waals surface area contributed by atoms with Gasteiger partial charge in [-0.3, -0.25) is 9.48 Å². The Morgan fingerprint density at radius 3 is 3.25 bits per heavy atom. The van der Waals surface area contributed by atoms with Crippen LogP contribution in [0.4, 0.5) is 5.69 Å². The summed E-state index contributed by atoms with van der Waals surface area (Å²) in [5, 5.41) is 6.88. The Kier molecular flexibility index (Phi) is 3.56. The Morgan fingerprint density at radius 1 is 1.69 bits per heavy atom. The summed E-state index contributed by atoms with van der Waals surface area (Å²) in [7, 11) is 0. The molecule has 1 aliphatic rings. The smallest absolute Gasteiger partial charge is 0.221 e. The van der Waals surface area contributed by atoms with Crippen molar-refractivity contribution >= 4 is 11.6 Å². The van der Waals surface area contributed by atoms with Gasteiger partial charge in [0.15, 0.2) is 0 Å². The van der Waals surface area contributed by atoms with Gasteiger partial charge in [-0.2, -0.15) is 5.10 Å². The van der Waals surface area contributed by atoms with E-state index in [-0.39, 0.29) is 12.0 Å². The van der Waals surface area contributed by atoms with Crippen molar-refractivity contribution in [1.82, 2.24) is 9.78 Å². The molecule has 1 atom stereocenters. The fraction of sp³-hybridized carbons (Fsp3) is 0.636. The third-order valence-corrected chi connectivity index (χ3v) is 2.62. The first-order chi connectivity index (χ1) is 7.74. The first kappa shape index (κ1) is 11.1. The van der Waals surface area contributed by atoms with Gasteiger partial charge in [-0.1, -0.05) is 0 Å². The van der Waals surface area contributed by atoms with E-state index in [1.54, 1.807) is 6.20 Å². The quantitative estimate of drug-likeness (QED) is 0.843. The Hall–Kier alpha value is -1.36. The van der Waals surface area contributed by atoms with Crippen LogP contribution in [0.15, 0.2) is 12.4 Å². The molecule has 0 aromatic carbocycles. The molecular weight excluding hydrogens is 206 g/mol. The highest BCUT2D eigenvalue weighted by atomic mass is 16.5. The number of hydrogen-bond acceptors (Lipinski definition) is 3. The second-order valence-corrected chi connectivity index (χ2v) is 4.12. The van der Waals surface area contributed by atoms with Crippen LogP contribution in [0, 0.1) is 0 Å². The van der Waals surface area contributed by atoms with E-state index in [1.807, 2.05) is 10.9 Å². The first-order valence-electron chi connectivity index (χ1n) is 5.65. The molecule has 88 valence electrons. The van der Waals surface area contributed by atoms with Crippen LogP contribution in [0.2, 0.25) is 0 Å². The average molecular weight is 223 g/mol. The Balaban J connectivity index is 1.88. The van der Waals surface area contributed by atoms with Crippen molar-refractivity contribution in [3.8, 4) is 0 Å². The number of anilines is 1. The standard InChI is InChI=1S/C11H17N3O2/c1-9(15)13-10-6-12-14(7-10)8-11-4-2-3-5-16-11/h6-7,11H,2-5,8H2,1H3,(H,13,15). The van der Waals surface area contributed by atoms with Crippen molar-refractivity contribution in [2.75, 3.05) is 11.9 Å². The molecule has 1 amide bonds. The lowest BCUT2D eigenvalue weighted by Crippen LogP contribution is -2.24. The minimum atomic E-state index is -0.0755. The predicted octanol–water partition coefficient (Wildman–Crippen LogP) is 1.41. The minimum Gasteiger partial charge on any atom is -0.376 e. The zero-order valence-corrected chi connectivity index (χ0v) is 9.48. The molecule has 2 heterocycles. The van der Waals surface area contributed by atoms with Crippen LogP contribution in [0.3, 0.4) is 0 Å². The fourth-order valence-corrected chi connectivity index (χ4v) is 1.89. The van der Waals surface area contributed by atoms with Gasteiger partial charge in [0.2, 0.25) is 5.91 Å². The molecule has 1 aliphatic heterocycles. The molecule has 0 bridgehead atoms. The summed E-state index contributed by atoms with van der Waals surface area (Å²) in [5.74, 6) is -0.0755. The van der Waals surface area contributed by atoms with E-state index in [9.17, 15) is 4.79 Å². The van der Waals surface area contributed by atoms with E-state index in [4.69, 9.17) is 4.74 Å². The number of carbonyl (C=O) groups is 1. The van der Waals surface area contributed by atoms with E-state index in [0.29, 0.717) is 0 Å². The van der Waals surface area contributed by atoms with Gasteiger partial charge in [-0.25, -0.2) is 0 Å². The number of nitrogens with zero attached hydrogens (tertiary/aromatic N) is 2. The number of nitrogens with one attached hydrogen (secondary N) is 1. The summed E-state index contributed by atoms with van der Waals surface area (Å²) in [6.07, 6.45) is 7.23. The van der Waals surface area contributed by atoms with Crippen molar-refractivity contribution < 1.29 is 9.53 Å².